The molecule has 1 aliphatic rings. The molecule has 0 atom stereocenters. The normalized spacial score (nSPS) is 16.2. The van der Waals surface area contributed by atoms with Gasteiger partial charge in [0.2, 0.25) is 0 Å². The summed E-state index contributed by atoms with van der Waals surface area (Å²) in [6.45, 7) is 6.58. The van der Waals surface area contributed by atoms with Crippen LogP contribution in [0.5, 0.6) is 0 Å². The molecule has 1 aromatic carbocycles. The first kappa shape index (κ1) is 17.3. The highest BCUT2D eigenvalue weighted by atomic mass is 32.1. The molecule has 0 radical (unpaired) electrons. The fourth-order valence-corrected chi connectivity index (χ4v) is 3.65. The van der Waals surface area contributed by atoms with Gasteiger partial charge in [-0.15, -0.1) is 11.3 Å². The van der Waals surface area contributed by atoms with E-state index in [0.29, 0.717) is 5.11 Å². The van der Waals surface area contributed by atoms with E-state index in [0.717, 1.165) is 50.7 Å². The van der Waals surface area contributed by atoms with Crippen LogP contribution in [0.2, 0.25) is 0 Å². The van der Waals surface area contributed by atoms with Crippen molar-refractivity contribution >= 4 is 28.7 Å². The van der Waals surface area contributed by atoms with Gasteiger partial charge >= 0.3 is 0 Å². The average Bonchev–Trinajstić information content (AvgIpc) is 3.03. The number of benzene rings is 1. The summed E-state index contributed by atoms with van der Waals surface area (Å²) in [6, 6.07) is 10.4. The van der Waals surface area contributed by atoms with E-state index >= 15 is 0 Å². The van der Waals surface area contributed by atoms with Gasteiger partial charge in [0.05, 0.1) is 26.3 Å². The van der Waals surface area contributed by atoms with Crippen LogP contribution in [0.3, 0.4) is 0 Å². The number of nitrogens with one attached hydrogen (secondary N) is 2. The van der Waals surface area contributed by atoms with Gasteiger partial charge in [-0.25, -0.2) is 0 Å². The number of quaternary nitrogens is 1. The van der Waals surface area contributed by atoms with E-state index in [9.17, 15) is 0 Å². The standard InChI is InChI=1S/C17H22N4OS2/c23-16(18-6-7-20-8-11-22-12-9-20)19-17-21(10-13-24-17)14-15-4-2-1-3-5-15/h1-5,10,13H,6-9,11-12,14H2,(H,18,23)/p+1. The van der Waals surface area contributed by atoms with Crippen molar-refractivity contribution in [2.75, 3.05) is 39.4 Å². The molecule has 2 N–H and O–H groups in total. The van der Waals surface area contributed by atoms with Crippen molar-refractivity contribution in [2.45, 2.75) is 6.54 Å². The van der Waals surface area contributed by atoms with Gasteiger partial charge in [-0.05, 0) is 17.8 Å². The summed E-state index contributed by atoms with van der Waals surface area (Å²) >= 11 is 6.98. The molecule has 0 amide bonds. The van der Waals surface area contributed by atoms with Crippen molar-refractivity contribution in [2.24, 2.45) is 4.99 Å². The fourth-order valence-electron chi connectivity index (χ4n) is 2.67. The Bertz CT molecular complexity index is 705. The van der Waals surface area contributed by atoms with Crippen LogP contribution in [0, 0.1) is 0 Å². The summed E-state index contributed by atoms with van der Waals surface area (Å²) < 4.78 is 7.50. The molecule has 128 valence electrons. The monoisotopic (exact) mass is 363 g/mol. The minimum atomic E-state index is 0.562. The molecule has 5 nitrogen and oxygen atoms in total. The molecule has 1 aliphatic heterocycles. The largest absolute Gasteiger partial charge is 0.370 e. The van der Waals surface area contributed by atoms with Crippen LogP contribution in [0.15, 0.2) is 46.9 Å². The Morgan fingerprint density at radius 3 is 2.88 bits per heavy atom. The lowest BCUT2D eigenvalue weighted by Gasteiger charge is -2.23. The Labute approximate surface area is 151 Å². The van der Waals surface area contributed by atoms with Gasteiger partial charge in [0.1, 0.15) is 13.1 Å². The van der Waals surface area contributed by atoms with E-state index in [1.54, 1.807) is 16.2 Å². The summed E-state index contributed by atoms with van der Waals surface area (Å²) in [7, 11) is 0. The van der Waals surface area contributed by atoms with Crippen LogP contribution >= 0.6 is 23.6 Å². The molecule has 0 unspecified atom stereocenters. The van der Waals surface area contributed by atoms with Crippen molar-refractivity contribution in [3.05, 3.63) is 52.3 Å². The third-order valence-electron chi connectivity index (χ3n) is 4.01. The second kappa shape index (κ2) is 9.08. The number of hydrogen-bond acceptors (Lipinski definition) is 3. The first-order chi connectivity index (χ1) is 11.8. The Kier molecular flexibility index (Phi) is 6.54. The van der Waals surface area contributed by atoms with Gasteiger partial charge in [-0.3, -0.25) is 0 Å². The molecule has 0 aliphatic carbocycles. The highest BCUT2D eigenvalue weighted by Gasteiger charge is 2.12. The molecule has 7 heteroatoms. The number of aromatic nitrogens is 1. The number of thiocarbonyl (C=S) groups is 1. The maximum atomic E-state index is 5.37. The summed E-state index contributed by atoms with van der Waals surface area (Å²) in [6.07, 6.45) is 2.05. The molecule has 24 heavy (non-hydrogen) atoms. The van der Waals surface area contributed by atoms with Gasteiger partial charge < -0.3 is 19.5 Å². The van der Waals surface area contributed by atoms with Crippen LogP contribution in [0.25, 0.3) is 0 Å². The third-order valence-corrected chi connectivity index (χ3v) is 5.04. The van der Waals surface area contributed by atoms with E-state index < -0.39 is 0 Å². The van der Waals surface area contributed by atoms with Gasteiger partial charge in [-0.1, -0.05) is 30.3 Å². The van der Waals surface area contributed by atoms with Gasteiger partial charge in [0.15, 0.2) is 9.91 Å². The lowest BCUT2D eigenvalue weighted by Crippen LogP contribution is -3.14. The predicted octanol–water partition coefficient (Wildman–Crippen LogP) is 0.288. The average molecular weight is 364 g/mol. The topological polar surface area (TPSA) is 43.0 Å². The van der Waals surface area contributed by atoms with E-state index in [4.69, 9.17) is 17.0 Å². The number of hydrogen-bond donors (Lipinski definition) is 2. The Balaban J connectivity index is 1.53. The van der Waals surface area contributed by atoms with Crippen molar-refractivity contribution in [3.8, 4) is 0 Å². The SMILES string of the molecule is S=C(N=c1sccn1Cc1ccccc1)NCC[NH+]1CCOCC1. The quantitative estimate of drug-likeness (QED) is 0.751. The number of rotatable bonds is 5. The minimum absolute atomic E-state index is 0.562. The fraction of sp³-hybridized carbons (Fsp3) is 0.412. The maximum Gasteiger partial charge on any atom is 0.195 e. The second-order valence-electron chi connectivity index (χ2n) is 5.76. The van der Waals surface area contributed by atoms with Crippen LogP contribution in [0.1, 0.15) is 5.56 Å². The lowest BCUT2D eigenvalue weighted by molar-refractivity contribution is -0.906. The number of morpholine rings is 1. The van der Waals surface area contributed by atoms with Crippen molar-refractivity contribution in [3.63, 3.8) is 0 Å². The number of nitrogens with zero attached hydrogens (tertiary/aromatic N) is 2. The van der Waals surface area contributed by atoms with E-state index in [1.165, 1.54) is 5.56 Å². The molecule has 1 saturated heterocycles. The molecule has 2 heterocycles. The van der Waals surface area contributed by atoms with Gasteiger partial charge in [0, 0.05) is 18.1 Å². The van der Waals surface area contributed by atoms with E-state index in [-0.39, 0.29) is 0 Å². The Morgan fingerprint density at radius 2 is 2.08 bits per heavy atom. The first-order valence-electron chi connectivity index (χ1n) is 8.23. The van der Waals surface area contributed by atoms with Crippen molar-refractivity contribution in [1.82, 2.24) is 9.88 Å². The highest BCUT2D eigenvalue weighted by molar-refractivity contribution is 7.80. The Hall–Kier alpha value is -1.54. The van der Waals surface area contributed by atoms with Crippen molar-refractivity contribution < 1.29 is 9.64 Å². The lowest BCUT2D eigenvalue weighted by atomic mass is 10.2. The summed E-state index contributed by atoms with van der Waals surface area (Å²) in [5.41, 5.74) is 1.26. The number of ether oxygens (including phenoxy) is 1. The first-order valence-corrected chi connectivity index (χ1v) is 9.52. The number of thiazole rings is 1. The molecule has 2 aromatic rings. The van der Waals surface area contributed by atoms with E-state index in [1.807, 2.05) is 11.4 Å². The van der Waals surface area contributed by atoms with Crippen molar-refractivity contribution in [1.29, 1.82) is 0 Å². The molecule has 3 rings (SSSR count). The van der Waals surface area contributed by atoms with E-state index in [2.05, 4.69) is 45.3 Å². The third kappa shape index (κ3) is 5.24. The summed E-state index contributed by atoms with van der Waals surface area (Å²) in [5.74, 6) is 0. The molecular formula is C17H23N4OS2+. The second-order valence-corrected chi connectivity index (χ2v) is 7.01. The van der Waals surface area contributed by atoms with Gasteiger partial charge in [0.25, 0.3) is 0 Å². The van der Waals surface area contributed by atoms with Gasteiger partial charge in [-0.2, -0.15) is 4.99 Å². The van der Waals surface area contributed by atoms with Crippen LogP contribution < -0.4 is 15.0 Å². The Morgan fingerprint density at radius 1 is 1.29 bits per heavy atom. The molecule has 0 bridgehead atoms. The molecule has 0 saturated carbocycles. The molecule has 1 fully saturated rings. The molecular weight excluding hydrogens is 340 g/mol. The molecule has 1 aromatic heterocycles. The highest BCUT2D eigenvalue weighted by Crippen LogP contribution is 2.01. The van der Waals surface area contributed by atoms with Crippen LogP contribution in [-0.2, 0) is 11.3 Å². The summed E-state index contributed by atoms with van der Waals surface area (Å²) in [4.78, 5) is 7.05. The zero-order valence-electron chi connectivity index (χ0n) is 13.6. The zero-order chi connectivity index (χ0) is 16.6. The maximum absolute atomic E-state index is 5.37. The van der Waals surface area contributed by atoms with Crippen LogP contribution in [-0.4, -0.2) is 49.1 Å². The zero-order valence-corrected chi connectivity index (χ0v) is 15.2. The predicted molar refractivity (Wildman–Crippen MR) is 100 cm³/mol. The smallest absolute Gasteiger partial charge is 0.195 e. The minimum Gasteiger partial charge on any atom is -0.370 e. The summed E-state index contributed by atoms with van der Waals surface area (Å²) in [5, 5.41) is 5.86. The van der Waals surface area contributed by atoms with Crippen LogP contribution in [0.4, 0.5) is 0 Å². The molecule has 0 spiro atoms.